The van der Waals surface area contributed by atoms with Crippen molar-refractivity contribution in [1.29, 1.82) is 0 Å². The van der Waals surface area contributed by atoms with Gasteiger partial charge in [-0.15, -0.1) is 0 Å². The molecule has 1 heterocycles. The van der Waals surface area contributed by atoms with E-state index < -0.39 is 0 Å². The molecule has 2 nitrogen and oxygen atoms in total. The van der Waals surface area contributed by atoms with Gasteiger partial charge < -0.3 is 5.73 Å². The Kier molecular flexibility index (Phi) is 4.61. The maximum absolute atomic E-state index is 5.81. The van der Waals surface area contributed by atoms with E-state index in [9.17, 15) is 0 Å². The zero-order valence-corrected chi connectivity index (χ0v) is 12.4. The van der Waals surface area contributed by atoms with Crippen LogP contribution in [-0.4, -0.2) is 4.98 Å². The lowest BCUT2D eigenvalue weighted by atomic mass is 10.0. The quantitative estimate of drug-likeness (QED) is 0.898. The van der Waals surface area contributed by atoms with E-state index in [1.54, 1.807) is 11.8 Å². The topological polar surface area (TPSA) is 38.9 Å². The molecule has 0 saturated heterocycles. The van der Waals surface area contributed by atoms with Crippen molar-refractivity contribution in [1.82, 2.24) is 4.98 Å². The smallest absolute Gasteiger partial charge is 0.101 e. The van der Waals surface area contributed by atoms with Crippen LogP contribution in [0.5, 0.6) is 0 Å². The summed E-state index contributed by atoms with van der Waals surface area (Å²) in [6.45, 7) is 6.38. The fourth-order valence-corrected chi connectivity index (χ4v) is 2.52. The van der Waals surface area contributed by atoms with Gasteiger partial charge in [-0.05, 0) is 42.2 Å². The van der Waals surface area contributed by atoms with Crippen LogP contribution in [0.15, 0.2) is 52.5 Å². The van der Waals surface area contributed by atoms with Gasteiger partial charge in [-0.2, -0.15) is 0 Å². The predicted molar refractivity (Wildman–Crippen MR) is 81.5 cm³/mol. The Bertz CT molecular complexity index is 466. The van der Waals surface area contributed by atoms with Gasteiger partial charge in [-0.25, -0.2) is 4.98 Å². The van der Waals surface area contributed by atoms with Crippen molar-refractivity contribution < 1.29 is 0 Å². The van der Waals surface area contributed by atoms with Gasteiger partial charge in [0.05, 0.1) is 0 Å². The number of nitrogens with zero attached hydrogens (tertiary/aromatic N) is 1. The van der Waals surface area contributed by atoms with Gasteiger partial charge in [-0.3, -0.25) is 0 Å². The normalized spacial score (nSPS) is 12.7. The van der Waals surface area contributed by atoms with Crippen LogP contribution in [0.25, 0.3) is 0 Å². The summed E-state index contributed by atoms with van der Waals surface area (Å²) in [6, 6.07) is 12.8. The molecule has 0 aliphatic rings. The highest BCUT2D eigenvalue weighted by atomic mass is 32.2. The first kappa shape index (κ1) is 14.1. The monoisotopic (exact) mass is 272 g/mol. The van der Waals surface area contributed by atoms with E-state index in [2.05, 4.69) is 43.1 Å². The zero-order chi connectivity index (χ0) is 13.8. The summed E-state index contributed by atoms with van der Waals surface area (Å²) in [5.41, 5.74) is 8.25. The van der Waals surface area contributed by atoms with E-state index in [4.69, 9.17) is 5.73 Å². The second-order valence-electron chi connectivity index (χ2n) is 5.04. The molecule has 19 heavy (non-hydrogen) atoms. The molecule has 0 spiro atoms. The van der Waals surface area contributed by atoms with Gasteiger partial charge in [0, 0.05) is 17.1 Å². The molecule has 0 radical (unpaired) electrons. The second-order valence-corrected chi connectivity index (χ2v) is 6.14. The maximum atomic E-state index is 5.81. The molecule has 1 aromatic carbocycles. The van der Waals surface area contributed by atoms with Gasteiger partial charge in [0.2, 0.25) is 0 Å². The fraction of sp³-hybridized carbons (Fsp3) is 0.312. The van der Waals surface area contributed by atoms with E-state index in [1.807, 2.05) is 25.3 Å². The van der Waals surface area contributed by atoms with Crippen molar-refractivity contribution >= 4 is 11.8 Å². The van der Waals surface area contributed by atoms with Crippen LogP contribution < -0.4 is 5.73 Å². The number of pyridine rings is 1. The lowest BCUT2D eigenvalue weighted by Crippen LogP contribution is -2.04. The summed E-state index contributed by atoms with van der Waals surface area (Å²) in [4.78, 5) is 5.65. The highest BCUT2D eigenvalue weighted by Crippen LogP contribution is 2.27. The molecule has 0 aliphatic heterocycles. The van der Waals surface area contributed by atoms with Gasteiger partial charge in [0.15, 0.2) is 0 Å². The number of rotatable bonds is 4. The van der Waals surface area contributed by atoms with Gasteiger partial charge in [0.25, 0.3) is 0 Å². The third-order valence-electron chi connectivity index (χ3n) is 3.05. The van der Waals surface area contributed by atoms with Crippen LogP contribution in [0.2, 0.25) is 0 Å². The minimum Gasteiger partial charge on any atom is -0.324 e. The maximum Gasteiger partial charge on any atom is 0.101 e. The summed E-state index contributed by atoms with van der Waals surface area (Å²) in [7, 11) is 0. The predicted octanol–water partition coefficient (Wildman–Crippen LogP) is 4.38. The summed E-state index contributed by atoms with van der Waals surface area (Å²) in [5, 5.41) is 1.00. The van der Waals surface area contributed by atoms with Gasteiger partial charge >= 0.3 is 0 Å². The van der Waals surface area contributed by atoms with Crippen molar-refractivity contribution in [3.8, 4) is 0 Å². The van der Waals surface area contributed by atoms with E-state index in [1.165, 1.54) is 10.5 Å². The van der Waals surface area contributed by atoms with E-state index in [0.717, 1.165) is 10.6 Å². The van der Waals surface area contributed by atoms with Crippen molar-refractivity contribution in [3.63, 3.8) is 0 Å². The average Bonchev–Trinajstić information content (AvgIpc) is 2.40. The zero-order valence-electron chi connectivity index (χ0n) is 11.6. The van der Waals surface area contributed by atoms with Crippen molar-refractivity contribution in [2.45, 2.75) is 42.7 Å². The molecular formula is C16H20N2S. The second kappa shape index (κ2) is 6.22. The molecule has 0 fully saturated rings. The standard InChI is InChI=1S/C16H20N2S/c1-11(2)13-4-7-15(8-5-13)19-16-9-6-14(10-18-16)12(3)17/h4-12H,17H2,1-3H3. The number of hydrogen-bond donors (Lipinski definition) is 1. The molecule has 0 amide bonds. The Morgan fingerprint density at radius 3 is 2.05 bits per heavy atom. The Labute approximate surface area is 119 Å². The Morgan fingerprint density at radius 2 is 1.58 bits per heavy atom. The molecule has 2 N–H and O–H groups in total. The van der Waals surface area contributed by atoms with E-state index >= 15 is 0 Å². The summed E-state index contributed by atoms with van der Waals surface area (Å²) >= 11 is 1.68. The molecule has 1 unspecified atom stereocenters. The summed E-state index contributed by atoms with van der Waals surface area (Å²) in [6.07, 6.45) is 1.86. The van der Waals surface area contributed by atoms with Crippen LogP contribution in [0, 0.1) is 0 Å². The van der Waals surface area contributed by atoms with Gasteiger partial charge in [0.1, 0.15) is 5.03 Å². The highest BCUT2D eigenvalue weighted by molar-refractivity contribution is 7.99. The SMILES string of the molecule is CC(C)c1ccc(Sc2ccc(C(C)N)cn2)cc1. The van der Waals surface area contributed by atoms with Crippen molar-refractivity contribution in [2.75, 3.05) is 0 Å². The molecular weight excluding hydrogens is 252 g/mol. The first-order valence-electron chi connectivity index (χ1n) is 6.55. The van der Waals surface area contributed by atoms with Crippen molar-refractivity contribution in [3.05, 3.63) is 53.7 Å². The Balaban J connectivity index is 2.08. The Morgan fingerprint density at radius 1 is 0.947 bits per heavy atom. The molecule has 1 aromatic heterocycles. The molecule has 3 heteroatoms. The third-order valence-corrected chi connectivity index (χ3v) is 4.01. The molecule has 0 bridgehead atoms. The molecule has 2 aromatic rings. The third kappa shape index (κ3) is 3.82. The summed E-state index contributed by atoms with van der Waals surface area (Å²) in [5.74, 6) is 0.572. The highest BCUT2D eigenvalue weighted by Gasteiger charge is 2.03. The molecule has 0 saturated carbocycles. The van der Waals surface area contributed by atoms with Crippen molar-refractivity contribution in [2.24, 2.45) is 5.73 Å². The number of aromatic nitrogens is 1. The Hall–Kier alpha value is -1.32. The fourth-order valence-electron chi connectivity index (χ4n) is 1.76. The number of hydrogen-bond acceptors (Lipinski definition) is 3. The lowest BCUT2D eigenvalue weighted by Gasteiger charge is -2.08. The van der Waals surface area contributed by atoms with Crippen LogP contribution >= 0.6 is 11.8 Å². The van der Waals surface area contributed by atoms with E-state index in [-0.39, 0.29) is 6.04 Å². The molecule has 0 aliphatic carbocycles. The largest absolute Gasteiger partial charge is 0.324 e. The molecule has 1 atom stereocenters. The van der Waals surface area contributed by atoms with Crippen LogP contribution in [0.1, 0.15) is 43.9 Å². The lowest BCUT2D eigenvalue weighted by molar-refractivity contribution is 0.806. The minimum atomic E-state index is 0.0388. The number of nitrogens with two attached hydrogens (primary N) is 1. The van der Waals surface area contributed by atoms with Crippen LogP contribution in [0.4, 0.5) is 0 Å². The van der Waals surface area contributed by atoms with Crippen LogP contribution in [0.3, 0.4) is 0 Å². The minimum absolute atomic E-state index is 0.0388. The molecule has 2 rings (SSSR count). The first-order chi connectivity index (χ1) is 9.06. The average molecular weight is 272 g/mol. The number of benzene rings is 1. The molecule has 100 valence electrons. The first-order valence-corrected chi connectivity index (χ1v) is 7.37. The summed E-state index contributed by atoms with van der Waals surface area (Å²) < 4.78 is 0. The van der Waals surface area contributed by atoms with Gasteiger partial charge in [-0.1, -0.05) is 43.8 Å². The van der Waals surface area contributed by atoms with Crippen LogP contribution in [-0.2, 0) is 0 Å². The van der Waals surface area contributed by atoms with E-state index in [0.29, 0.717) is 5.92 Å².